The van der Waals surface area contributed by atoms with E-state index in [1.165, 1.54) is 11.3 Å². The molecule has 0 amide bonds. The minimum absolute atomic E-state index is 0.301. The average molecular weight is 273 g/mol. The van der Waals surface area contributed by atoms with Gasteiger partial charge in [0.15, 0.2) is 0 Å². The maximum Gasteiger partial charge on any atom is 0.229 e. The molecule has 0 saturated heterocycles. The predicted octanol–water partition coefficient (Wildman–Crippen LogP) is 2.47. The average Bonchev–Trinajstić information content (AvgIpc) is 3.10. The summed E-state index contributed by atoms with van der Waals surface area (Å²) >= 11 is 1.45. The Morgan fingerprint density at radius 3 is 2.84 bits per heavy atom. The van der Waals surface area contributed by atoms with Crippen LogP contribution in [0.3, 0.4) is 0 Å². The second-order valence-electron chi connectivity index (χ2n) is 4.01. The topological polar surface area (TPSA) is 72.0 Å². The molecule has 3 rings (SSSR count). The summed E-state index contributed by atoms with van der Waals surface area (Å²) < 4.78 is 5.14. The van der Waals surface area contributed by atoms with Crippen molar-refractivity contribution in [3.63, 3.8) is 0 Å². The Kier molecular flexibility index (Phi) is 3.35. The molecule has 0 aliphatic carbocycles. The molecule has 5 nitrogen and oxygen atoms in total. The summed E-state index contributed by atoms with van der Waals surface area (Å²) in [5, 5.41) is 14.0. The van der Waals surface area contributed by atoms with Crippen LogP contribution in [0.25, 0.3) is 10.7 Å². The van der Waals surface area contributed by atoms with E-state index < -0.39 is 6.10 Å². The summed E-state index contributed by atoms with van der Waals surface area (Å²) in [6.07, 6.45) is 1.35. The lowest BCUT2D eigenvalue weighted by Gasteiger charge is -2.07. The van der Waals surface area contributed by atoms with Crippen molar-refractivity contribution < 1.29 is 9.63 Å². The van der Waals surface area contributed by atoms with Crippen LogP contribution in [0.5, 0.6) is 0 Å². The first kappa shape index (κ1) is 12.0. The van der Waals surface area contributed by atoms with E-state index in [2.05, 4.69) is 15.1 Å². The van der Waals surface area contributed by atoms with Crippen LogP contribution in [0.15, 0.2) is 46.6 Å². The second-order valence-corrected chi connectivity index (χ2v) is 4.89. The molecule has 19 heavy (non-hydrogen) atoms. The van der Waals surface area contributed by atoms with Gasteiger partial charge in [-0.1, -0.05) is 35.5 Å². The van der Waals surface area contributed by atoms with Crippen LogP contribution in [0.1, 0.15) is 17.6 Å². The van der Waals surface area contributed by atoms with Gasteiger partial charge in [-0.15, -0.1) is 11.3 Å². The number of hydrogen-bond donors (Lipinski definition) is 1. The summed E-state index contributed by atoms with van der Waals surface area (Å²) in [4.78, 5) is 9.07. The number of benzene rings is 1. The molecule has 0 aliphatic heterocycles. The molecule has 0 bridgehead atoms. The van der Waals surface area contributed by atoms with Crippen molar-refractivity contribution in [3.05, 3.63) is 53.5 Å². The van der Waals surface area contributed by atoms with Gasteiger partial charge in [0.1, 0.15) is 0 Å². The van der Waals surface area contributed by atoms with E-state index in [0.29, 0.717) is 18.1 Å². The van der Waals surface area contributed by atoms with Gasteiger partial charge in [-0.3, -0.25) is 4.98 Å². The molecule has 0 aliphatic rings. The van der Waals surface area contributed by atoms with Gasteiger partial charge in [0.2, 0.25) is 11.7 Å². The SMILES string of the molecule is OC(Cc1nc(-c2cncs2)no1)c1ccccc1. The summed E-state index contributed by atoms with van der Waals surface area (Å²) in [7, 11) is 0. The van der Waals surface area contributed by atoms with Crippen LogP contribution in [0.4, 0.5) is 0 Å². The molecular weight excluding hydrogens is 262 g/mol. The molecule has 0 radical (unpaired) electrons. The van der Waals surface area contributed by atoms with E-state index in [-0.39, 0.29) is 0 Å². The molecule has 0 saturated carbocycles. The van der Waals surface area contributed by atoms with E-state index in [0.717, 1.165) is 10.4 Å². The summed E-state index contributed by atoms with van der Waals surface area (Å²) in [5.41, 5.74) is 2.55. The van der Waals surface area contributed by atoms with Gasteiger partial charge in [-0.05, 0) is 5.56 Å². The normalized spacial score (nSPS) is 12.5. The summed E-state index contributed by atoms with van der Waals surface area (Å²) in [6, 6.07) is 9.41. The highest BCUT2D eigenvalue weighted by Crippen LogP contribution is 2.22. The van der Waals surface area contributed by atoms with Gasteiger partial charge in [0, 0.05) is 6.20 Å². The monoisotopic (exact) mass is 273 g/mol. The van der Waals surface area contributed by atoms with Crippen molar-refractivity contribution in [2.24, 2.45) is 0 Å². The molecule has 1 N–H and O–H groups in total. The summed E-state index contributed by atoms with van der Waals surface area (Å²) in [6.45, 7) is 0. The third-order valence-electron chi connectivity index (χ3n) is 2.67. The van der Waals surface area contributed by atoms with E-state index >= 15 is 0 Å². The third-order valence-corrected chi connectivity index (χ3v) is 3.44. The van der Waals surface area contributed by atoms with Gasteiger partial charge in [-0.2, -0.15) is 4.98 Å². The van der Waals surface area contributed by atoms with E-state index in [9.17, 15) is 5.11 Å². The molecule has 6 heteroatoms. The van der Waals surface area contributed by atoms with Gasteiger partial charge < -0.3 is 9.63 Å². The number of aliphatic hydroxyl groups excluding tert-OH is 1. The zero-order valence-electron chi connectivity index (χ0n) is 9.93. The van der Waals surface area contributed by atoms with Gasteiger partial charge in [0.25, 0.3) is 0 Å². The Bertz CT molecular complexity index is 637. The molecule has 2 heterocycles. The molecule has 2 aromatic heterocycles. The lowest BCUT2D eigenvalue weighted by atomic mass is 10.1. The van der Waals surface area contributed by atoms with Crippen molar-refractivity contribution in [1.82, 2.24) is 15.1 Å². The number of hydrogen-bond acceptors (Lipinski definition) is 6. The largest absolute Gasteiger partial charge is 0.388 e. The first-order chi connectivity index (χ1) is 9.33. The number of thiazole rings is 1. The van der Waals surface area contributed by atoms with E-state index in [1.807, 2.05) is 30.3 Å². The fourth-order valence-electron chi connectivity index (χ4n) is 1.72. The Morgan fingerprint density at radius 1 is 1.26 bits per heavy atom. The highest BCUT2D eigenvalue weighted by molar-refractivity contribution is 7.13. The predicted molar refractivity (Wildman–Crippen MR) is 70.5 cm³/mol. The maximum absolute atomic E-state index is 10.1. The molecule has 1 atom stereocenters. The third kappa shape index (κ3) is 2.69. The lowest BCUT2D eigenvalue weighted by molar-refractivity contribution is 0.165. The van der Waals surface area contributed by atoms with Crippen molar-refractivity contribution in [2.75, 3.05) is 0 Å². The quantitative estimate of drug-likeness (QED) is 0.790. The van der Waals surface area contributed by atoms with Gasteiger partial charge >= 0.3 is 0 Å². The summed E-state index contributed by atoms with van der Waals surface area (Å²) in [5.74, 6) is 0.928. The van der Waals surface area contributed by atoms with Crippen molar-refractivity contribution in [3.8, 4) is 10.7 Å². The van der Waals surface area contributed by atoms with Crippen LogP contribution in [-0.2, 0) is 6.42 Å². The molecule has 1 unspecified atom stereocenters. The van der Waals surface area contributed by atoms with E-state index in [4.69, 9.17) is 4.52 Å². The number of aliphatic hydroxyl groups is 1. The van der Waals surface area contributed by atoms with Crippen molar-refractivity contribution in [1.29, 1.82) is 0 Å². The molecule has 0 fully saturated rings. The molecule has 1 aromatic carbocycles. The fraction of sp³-hybridized carbons (Fsp3) is 0.154. The Balaban J connectivity index is 1.74. The van der Waals surface area contributed by atoms with Crippen LogP contribution < -0.4 is 0 Å². The Labute approximate surface area is 113 Å². The molecular formula is C13H11N3O2S. The minimum Gasteiger partial charge on any atom is -0.388 e. The highest BCUT2D eigenvalue weighted by atomic mass is 32.1. The fourth-order valence-corrected chi connectivity index (χ4v) is 2.27. The Morgan fingerprint density at radius 2 is 2.11 bits per heavy atom. The van der Waals surface area contributed by atoms with Crippen LogP contribution in [0, 0.1) is 0 Å². The standard InChI is InChI=1S/C13H11N3O2S/c17-10(9-4-2-1-3-5-9)6-12-15-13(16-18-12)11-7-14-8-19-11/h1-5,7-8,10,17H,6H2. The van der Waals surface area contributed by atoms with Crippen LogP contribution in [0.2, 0.25) is 0 Å². The first-order valence-corrected chi connectivity index (χ1v) is 6.65. The zero-order chi connectivity index (χ0) is 13.1. The van der Waals surface area contributed by atoms with Crippen LogP contribution >= 0.6 is 11.3 Å². The van der Waals surface area contributed by atoms with Gasteiger partial charge in [0.05, 0.1) is 22.9 Å². The first-order valence-electron chi connectivity index (χ1n) is 5.77. The van der Waals surface area contributed by atoms with Crippen LogP contribution in [-0.4, -0.2) is 20.2 Å². The van der Waals surface area contributed by atoms with E-state index in [1.54, 1.807) is 11.7 Å². The zero-order valence-corrected chi connectivity index (χ0v) is 10.7. The lowest BCUT2D eigenvalue weighted by Crippen LogP contribution is -2.01. The van der Waals surface area contributed by atoms with Crippen molar-refractivity contribution in [2.45, 2.75) is 12.5 Å². The second kappa shape index (κ2) is 5.29. The molecule has 96 valence electrons. The Hall–Kier alpha value is -2.05. The molecule has 3 aromatic rings. The van der Waals surface area contributed by atoms with Gasteiger partial charge in [-0.25, -0.2) is 0 Å². The number of aromatic nitrogens is 3. The maximum atomic E-state index is 10.1. The number of rotatable bonds is 4. The molecule has 0 spiro atoms. The van der Waals surface area contributed by atoms with Crippen molar-refractivity contribution >= 4 is 11.3 Å². The number of nitrogens with zero attached hydrogens (tertiary/aromatic N) is 3. The minimum atomic E-state index is -0.643. The highest BCUT2D eigenvalue weighted by Gasteiger charge is 2.15. The smallest absolute Gasteiger partial charge is 0.229 e.